The Kier molecular flexibility index (Phi) is 6.02. The summed E-state index contributed by atoms with van der Waals surface area (Å²) in [7, 11) is 0. The van der Waals surface area contributed by atoms with E-state index in [2.05, 4.69) is 20.0 Å². The quantitative estimate of drug-likeness (QED) is 0.473. The van der Waals surface area contributed by atoms with Gasteiger partial charge in [0.15, 0.2) is 0 Å². The summed E-state index contributed by atoms with van der Waals surface area (Å²) in [6.45, 7) is 5.14. The molecule has 0 aromatic heterocycles. The molecule has 0 aliphatic heterocycles. The van der Waals surface area contributed by atoms with Crippen LogP contribution in [-0.2, 0) is 22.4 Å². The molecule has 0 saturated heterocycles. The van der Waals surface area contributed by atoms with Gasteiger partial charge in [0.05, 0.1) is 0 Å². The summed E-state index contributed by atoms with van der Waals surface area (Å²) in [5.41, 5.74) is 0. The van der Waals surface area contributed by atoms with Crippen molar-refractivity contribution in [2.75, 3.05) is 20.0 Å². The molecule has 6 heavy (non-hydrogen) atoms. The molecule has 0 nitrogen and oxygen atoms in total. The van der Waals surface area contributed by atoms with Crippen LogP contribution in [0.15, 0.2) is 0 Å². The molecule has 0 fully saturated rings. The fraction of sp³-hybridized carbons (Fsp3) is 1.00. The normalized spacial score (nSPS) is 12.7. The molecule has 3 heteroatoms. The Bertz CT molecular complexity index is 26.3. The second-order valence-electron chi connectivity index (χ2n) is 2.07. The Morgan fingerprint density at radius 1 is 1.17 bits per heavy atom. The van der Waals surface area contributed by atoms with Gasteiger partial charge < -0.3 is 0 Å². The Hall–Kier alpha value is 1.46. The molecule has 0 atom stereocenters. The third-order valence-corrected chi connectivity index (χ3v) is 0. The first-order valence-corrected chi connectivity index (χ1v) is 6.20. The summed E-state index contributed by atoms with van der Waals surface area (Å²) in [5.74, 6) is 0. The van der Waals surface area contributed by atoms with Crippen molar-refractivity contribution in [3.63, 3.8) is 0 Å². The minimum atomic E-state index is -1.14. The van der Waals surface area contributed by atoms with Gasteiger partial charge in [0.1, 0.15) is 0 Å². The second kappa shape index (κ2) is 3.46. The standard InChI is InChI=1S/C3H10ClP.Au/c1-5(2,3)4;/h5H,1-3H3;. The first kappa shape index (κ1) is 10.4. The summed E-state index contributed by atoms with van der Waals surface area (Å²) in [4.78, 5) is 0. The maximum atomic E-state index is 5.67. The predicted molar refractivity (Wildman–Crippen MR) is 31.9 cm³/mol. The van der Waals surface area contributed by atoms with Crippen molar-refractivity contribution in [1.82, 2.24) is 0 Å². The van der Waals surface area contributed by atoms with E-state index in [-0.39, 0.29) is 22.4 Å². The van der Waals surface area contributed by atoms with Crippen LogP contribution in [0.4, 0.5) is 0 Å². The molecule has 0 spiro atoms. The number of halogens is 1. The zero-order valence-electron chi connectivity index (χ0n) is 4.18. The zero-order valence-corrected chi connectivity index (χ0v) is 8.10. The third-order valence-electron chi connectivity index (χ3n) is 0. The average Bonchev–Trinajstić information content (AvgIpc) is 0.722. The van der Waals surface area contributed by atoms with Crippen molar-refractivity contribution in [1.29, 1.82) is 0 Å². The van der Waals surface area contributed by atoms with Crippen molar-refractivity contribution in [2.45, 2.75) is 0 Å². The number of hydrogen-bond donors (Lipinski definition) is 0. The fourth-order valence-electron chi connectivity index (χ4n) is 0. The first-order valence-electron chi connectivity index (χ1n) is 1.69. The predicted octanol–water partition coefficient (Wildman–Crippen LogP) is 1.78. The molecule has 0 aromatic carbocycles. The molecular formula is C3H10AuClP. The van der Waals surface area contributed by atoms with Crippen LogP contribution in [-0.4, -0.2) is 20.0 Å². The van der Waals surface area contributed by atoms with Gasteiger partial charge in [0.2, 0.25) is 0 Å². The van der Waals surface area contributed by atoms with Crippen LogP contribution in [0.3, 0.4) is 0 Å². The fourth-order valence-corrected chi connectivity index (χ4v) is 0. The van der Waals surface area contributed by atoms with Gasteiger partial charge >= 0.3 is 37.9 Å². The Balaban J connectivity index is 0. The van der Waals surface area contributed by atoms with Crippen LogP contribution < -0.4 is 0 Å². The van der Waals surface area contributed by atoms with E-state index in [4.69, 9.17) is 11.2 Å². The van der Waals surface area contributed by atoms with E-state index >= 15 is 0 Å². The largest absolute Gasteiger partial charge is 0 e. The van der Waals surface area contributed by atoms with Gasteiger partial charge in [-0.2, -0.15) is 0 Å². The molecule has 0 aliphatic rings. The SMILES string of the molecule is C[PH](C)(C)Cl.[Au]. The minimum Gasteiger partial charge on any atom is 0 e. The van der Waals surface area contributed by atoms with E-state index < -0.39 is 6.62 Å². The van der Waals surface area contributed by atoms with E-state index in [1.165, 1.54) is 0 Å². The molecular weight excluding hydrogens is 299 g/mol. The van der Waals surface area contributed by atoms with Crippen LogP contribution >= 0.6 is 17.9 Å². The smallest absolute Gasteiger partial charge is 0 e. The summed E-state index contributed by atoms with van der Waals surface area (Å²) in [6, 6.07) is 0. The van der Waals surface area contributed by atoms with Crippen molar-refractivity contribution in [2.24, 2.45) is 0 Å². The van der Waals surface area contributed by atoms with Gasteiger partial charge in [0, 0.05) is 22.4 Å². The average molecular weight is 310 g/mol. The zero-order chi connectivity index (χ0) is 4.50. The number of hydrogen-bond acceptors (Lipinski definition) is 0. The van der Waals surface area contributed by atoms with Crippen LogP contribution in [0.1, 0.15) is 0 Å². The maximum Gasteiger partial charge on any atom is 0 e. The van der Waals surface area contributed by atoms with E-state index in [1.807, 2.05) is 0 Å². The number of rotatable bonds is 0. The van der Waals surface area contributed by atoms with E-state index in [0.717, 1.165) is 0 Å². The molecule has 0 aliphatic carbocycles. The molecule has 0 rings (SSSR count). The van der Waals surface area contributed by atoms with Gasteiger partial charge in [0.25, 0.3) is 0 Å². The van der Waals surface area contributed by atoms with E-state index in [9.17, 15) is 0 Å². The summed E-state index contributed by atoms with van der Waals surface area (Å²) in [6.07, 6.45) is 0. The van der Waals surface area contributed by atoms with Gasteiger partial charge in [-0.1, -0.05) is 0 Å². The summed E-state index contributed by atoms with van der Waals surface area (Å²) < 4.78 is 0. The molecule has 0 saturated carbocycles. The van der Waals surface area contributed by atoms with Gasteiger partial charge in [-0.05, 0) is 0 Å². The topological polar surface area (TPSA) is 0 Å². The molecule has 0 unspecified atom stereocenters. The van der Waals surface area contributed by atoms with Crippen LogP contribution in [0.2, 0.25) is 0 Å². The molecule has 1 radical (unpaired) electrons. The van der Waals surface area contributed by atoms with Crippen LogP contribution in [0, 0.1) is 0 Å². The van der Waals surface area contributed by atoms with Crippen molar-refractivity contribution < 1.29 is 22.4 Å². The van der Waals surface area contributed by atoms with E-state index in [1.54, 1.807) is 0 Å². The molecule has 0 aromatic rings. The Morgan fingerprint density at radius 3 is 1.17 bits per heavy atom. The van der Waals surface area contributed by atoms with Gasteiger partial charge in [-0.25, -0.2) is 0 Å². The van der Waals surface area contributed by atoms with Gasteiger partial charge in [-0.15, -0.1) is 0 Å². The molecule has 0 heterocycles. The Morgan fingerprint density at radius 2 is 1.17 bits per heavy atom. The Labute approximate surface area is 60.3 Å². The van der Waals surface area contributed by atoms with Crippen LogP contribution in [0.5, 0.6) is 0 Å². The van der Waals surface area contributed by atoms with Crippen LogP contribution in [0.25, 0.3) is 0 Å². The molecule has 0 bridgehead atoms. The maximum absolute atomic E-state index is 5.67. The van der Waals surface area contributed by atoms with Crippen molar-refractivity contribution >= 4 is 17.9 Å². The summed E-state index contributed by atoms with van der Waals surface area (Å²) >= 11 is 5.67. The summed E-state index contributed by atoms with van der Waals surface area (Å²) in [5, 5.41) is 0. The first-order chi connectivity index (χ1) is 2.00. The minimum absolute atomic E-state index is 0. The van der Waals surface area contributed by atoms with Gasteiger partial charge in [-0.3, -0.25) is 0 Å². The molecule has 0 N–H and O–H groups in total. The van der Waals surface area contributed by atoms with E-state index in [0.29, 0.717) is 0 Å². The van der Waals surface area contributed by atoms with Crippen molar-refractivity contribution in [3.8, 4) is 0 Å². The monoisotopic (exact) mass is 309 g/mol. The third kappa shape index (κ3) is 50.9. The second-order valence-corrected chi connectivity index (χ2v) is 9.60. The molecule has 45 valence electrons. The van der Waals surface area contributed by atoms with Crippen molar-refractivity contribution in [3.05, 3.63) is 0 Å². The molecule has 0 amide bonds.